The highest BCUT2D eigenvalue weighted by atomic mass is 19.3. The highest BCUT2D eigenvalue weighted by Crippen LogP contribution is 2.21. The maximum atomic E-state index is 14.1. The SMILES string of the molecule is CC(C)CNCc1ccc(N(CCO)CC(F)F)c(F)c1. The summed E-state index contributed by atoms with van der Waals surface area (Å²) in [6.45, 7) is 4.59. The van der Waals surface area contributed by atoms with E-state index in [1.807, 2.05) is 0 Å². The predicted molar refractivity (Wildman–Crippen MR) is 78.2 cm³/mol. The highest BCUT2D eigenvalue weighted by Gasteiger charge is 2.16. The van der Waals surface area contributed by atoms with E-state index < -0.39 is 18.8 Å². The topological polar surface area (TPSA) is 35.5 Å². The van der Waals surface area contributed by atoms with Crippen LogP contribution in [0.15, 0.2) is 18.2 Å². The van der Waals surface area contributed by atoms with Gasteiger partial charge >= 0.3 is 0 Å². The summed E-state index contributed by atoms with van der Waals surface area (Å²) in [4.78, 5) is 1.16. The molecule has 0 fully saturated rings. The van der Waals surface area contributed by atoms with Crippen LogP contribution in [0.3, 0.4) is 0 Å². The van der Waals surface area contributed by atoms with E-state index in [1.165, 1.54) is 12.1 Å². The standard InChI is InChI=1S/C15H23F3N2O/c1-11(2)8-19-9-12-3-4-14(13(16)7-12)20(5-6-21)10-15(17)18/h3-4,7,11,15,19,21H,5-6,8-10H2,1-2H3. The van der Waals surface area contributed by atoms with Gasteiger partial charge in [0.05, 0.1) is 18.8 Å². The molecule has 6 heteroatoms. The van der Waals surface area contributed by atoms with Crippen LogP contribution in [-0.4, -0.2) is 37.8 Å². The molecule has 0 aliphatic heterocycles. The molecule has 1 aromatic carbocycles. The highest BCUT2D eigenvalue weighted by molar-refractivity contribution is 5.49. The molecule has 21 heavy (non-hydrogen) atoms. The smallest absolute Gasteiger partial charge is 0.255 e. The van der Waals surface area contributed by atoms with Crippen molar-refractivity contribution in [2.75, 3.05) is 31.1 Å². The molecule has 2 N–H and O–H groups in total. The van der Waals surface area contributed by atoms with Gasteiger partial charge in [0.1, 0.15) is 5.82 Å². The largest absolute Gasteiger partial charge is 0.395 e. The van der Waals surface area contributed by atoms with E-state index in [2.05, 4.69) is 19.2 Å². The molecule has 1 aromatic rings. The van der Waals surface area contributed by atoms with E-state index >= 15 is 0 Å². The first-order valence-electron chi connectivity index (χ1n) is 7.07. The fraction of sp³-hybridized carbons (Fsp3) is 0.600. The van der Waals surface area contributed by atoms with Crippen molar-refractivity contribution in [2.45, 2.75) is 26.8 Å². The molecule has 0 spiro atoms. The summed E-state index contributed by atoms with van der Waals surface area (Å²) >= 11 is 0. The molecule has 0 aromatic heterocycles. The number of nitrogens with zero attached hydrogens (tertiary/aromatic N) is 1. The van der Waals surface area contributed by atoms with Gasteiger partial charge in [0.25, 0.3) is 6.43 Å². The third-order valence-electron chi connectivity index (χ3n) is 2.96. The number of alkyl halides is 2. The molecule has 0 saturated heterocycles. The van der Waals surface area contributed by atoms with Gasteiger partial charge in [-0.3, -0.25) is 0 Å². The summed E-state index contributed by atoms with van der Waals surface area (Å²) in [6, 6.07) is 4.54. The maximum Gasteiger partial charge on any atom is 0.255 e. The number of hydrogen-bond donors (Lipinski definition) is 2. The van der Waals surface area contributed by atoms with Crippen LogP contribution in [0.4, 0.5) is 18.9 Å². The number of rotatable bonds is 9. The van der Waals surface area contributed by atoms with Gasteiger partial charge in [0.15, 0.2) is 0 Å². The number of aliphatic hydroxyl groups is 1. The molecule has 0 radical (unpaired) electrons. The molecule has 3 nitrogen and oxygen atoms in total. The van der Waals surface area contributed by atoms with E-state index in [0.29, 0.717) is 12.5 Å². The van der Waals surface area contributed by atoms with E-state index in [1.54, 1.807) is 6.07 Å². The van der Waals surface area contributed by atoms with Gasteiger partial charge in [-0.1, -0.05) is 19.9 Å². The van der Waals surface area contributed by atoms with Gasteiger partial charge in [-0.05, 0) is 30.2 Å². The Morgan fingerprint density at radius 2 is 2.00 bits per heavy atom. The van der Waals surface area contributed by atoms with Gasteiger partial charge in [0, 0.05) is 13.1 Å². The Morgan fingerprint density at radius 1 is 1.29 bits per heavy atom. The van der Waals surface area contributed by atoms with E-state index in [4.69, 9.17) is 5.11 Å². The maximum absolute atomic E-state index is 14.1. The lowest BCUT2D eigenvalue weighted by molar-refractivity contribution is 0.152. The zero-order valence-corrected chi connectivity index (χ0v) is 12.5. The van der Waals surface area contributed by atoms with E-state index in [0.717, 1.165) is 17.0 Å². The van der Waals surface area contributed by atoms with Crippen LogP contribution in [0, 0.1) is 11.7 Å². The third kappa shape index (κ3) is 6.35. The molecule has 120 valence electrons. The van der Waals surface area contributed by atoms with E-state index in [9.17, 15) is 13.2 Å². The van der Waals surface area contributed by atoms with Gasteiger partial charge in [0.2, 0.25) is 0 Å². The monoisotopic (exact) mass is 304 g/mol. The second-order valence-electron chi connectivity index (χ2n) is 5.37. The Kier molecular flexibility index (Phi) is 7.53. The minimum absolute atomic E-state index is 0.0216. The number of halogens is 3. The Labute approximate surface area is 123 Å². The minimum Gasteiger partial charge on any atom is -0.395 e. The molecule has 0 aliphatic carbocycles. The van der Waals surface area contributed by atoms with Crippen LogP contribution in [0.2, 0.25) is 0 Å². The van der Waals surface area contributed by atoms with Crippen LogP contribution < -0.4 is 10.2 Å². The Balaban J connectivity index is 2.74. The molecule has 0 saturated carbocycles. The van der Waals surface area contributed by atoms with Crippen LogP contribution in [-0.2, 0) is 6.54 Å². The van der Waals surface area contributed by atoms with Crippen molar-refractivity contribution in [3.05, 3.63) is 29.6 Å². The summed E-state index contributed by atoms with van der Waals surface area (Å²) in [7, 11) is 0. The van der Waals surface area contributed by atoms with E-state index in [-0.39, 0.29) is 18.8 Å². The van der Waals surface area contributed by atoms with Crippen molar-refractivity contribution < 1.29 is 18.3 Å². The number of benzene rings is 1. The summed E-state index contributed by atoms with van der Waals surface area (Å²) in [6.07, 6.45) is -2.58. The van der Waals surface area contributed by atoms with Crippen LogP contribution in [0.1, 0.15) is 19.4 Å². The molecule has 0 aliphatic rings. The summed E-state index contributed by atoms with van der Waals surface area (Å²) in [5, 5.41) is 12.1. The fourth-order valence-corrected chi connectivity index (χ4v) is 2.02. The van der Waals surface area contributed by atoms with Crippen molar-refractivity contribution in [3.63, 3.8) is 0 Å². The average Bonchev–Trinajstić information content (AvgIpc) is 2.37. The number of anilines is 1. The van der Waals surface area contributed by atoms with Gasteiger partial charge < -0.3 is 15.3 Å². The fourth-order valence-electron chi connectivity index (χ4n) is 2.02. The molecular weight excluding hydrogens is 281 g/mol. The second kappa shape index (κ2) is 8.89. The van der Waals surface area contributed by atoms with Crippen molar-refractivity contribution in [1.29, 1.82) is 0 Å². The van der Waals surface area contributed by atoms with Gasteiger partial charge in [-0.2, -0.15) is 0 Å². The first kappa shape index (κ1) is 17.8. The predicted octanol–water partition coefficient (Wildman–Crippen LogP) is 2.64. The number of hydrogen-bond acceptors (Lipinski definition) is 3. The first-order chi connectivity index (χ1) is 9.93. The Bertz CT molecular complexity index is 427. The molecule has 0 amide bonds. The first-order valence-corrected chi connectivity index (χ1v) is 7.07. The van der Waals surface area contributed by atoms with Gasteiger partial charge in [-0.25, -0.2) is 13.2 Å². The quantitative estimate of drug-likeness (QED) is 0.736. The summed E-state index contributed by atoms with van der Waals surface area (Å²) in [5.74, 6) is -0.0480. The van der Waals surface area contributed by atoms with Crippen molar-refractivity contribution in [2.24, 2.45) is 5.92 Å². The zero-order valence-electron chi connectivity index (χ0n) is 12.5. The Hall–Kier alpha value is -1.27. The lowest BCUT2D eigenvalue weighted by Gasteiger charge is -2.24. The van der Waals surface area contributed by atoms with Crippen LogP contribution in [0.25, 0.3) is 0 Å². The Morgan fingerprint density at radius 3 is 2.52 bits per heavy atom. The summed E-state index contributed by atoms with van der Waals surface area (Å²) < 4.78 is 39.0. The van der Waals surface area contributed by atoms with Gasteiger partial charge in [-0.15, -0.1) is 0 Å². The summed E-state index contributed by atoms with van der Waals surface area (Å²) in [5.41, 5.74) is 0.856. The molecule has 0 atom stereocenters. The molecule has 0 bridgehead atoms. The second-order valence-corrected chi connectivity index (χ2v) is 5.37. The molecular formula is C15H23F3N2O. The molecule has 0 heterocycles. The number of aliphatic hydroxyl groups excluding tert-OH is 1. The lowest BCUT2D eigenvalue weighted by Crippen LogP contribution is -2.32. The van der Waals surface area contributed by atoms with Crippen LogP contribution in [0.5, 0.6) is 0 Å². The molecule has 0 unspecified atom stereocenters. The lowest BCUT2D eigenvalue weighted by atomic mass is 10.1. The van der Waals surface area contributed by atoms with Crippen molar-refractivity contribution in [3.8, 4) is 0 Å². The zero-order chi connectivity index (χ0) is 15.8. The normalized spacial score (nSPS) is 11.4. The minimum atomic E-state index is -2.58. The average molecular weight is 304 g/mol. The van der Waals surface area contributed by atoms with Crippen molar-refractivity contribution >= 4 is 5.69 Å². The number of nitrogens with one attached hydrogen (secondary N) is 1. The van der Waals surface area contributed by atoms with Crippen LogP contribution >= 0.6 is 0 Å². The molecule has 1 rings (SSSR count). The third-order valence-corrected chi connectivity index (χ3v) is 2.96. The van der Waals surface area contributed by atoms with Crippen molar-refractivity contribution in [1.82, 2.24) is 5.32 Å².